The van der Waals surface area contributed by atoms with Crippen LogP contribution in [0.2, 0.25) is 5.02 Å². The molecule has 2 aromatic rings. The Hall–Kier alpha value is -0.700. The van der Waals surface area contributed by atoms with Crippen molar-refractivity contribution in [1.29, 1.82) is 0 Å². The van der Waals surface area contributed by atoms with Crippen molar-refractivity contribution in [1.82, 2.24) is 0 Å². The lowest BCUT2D eigenvalue weighted by atomic mass is 10.1. The predicted molar refractivity (Wildman–Crippen MR) is 70.0 cm³/mol. The number of hydrogen-bond acceptors (Lipinski definition) is 2. The molecule has 0 spiro atoms. The molecule has 0 aliphatic heterocycles. The molecule has 1 unspecified atom stereocenters. The highest BCUT2D eigenvalue weighted by Gasteiger charge is 2.16. The van der Waals surface area contributed by atoms with Crippen LogP contribution in [-0.4, -0.2) is 7.11 Å². The lowest BCUT2D eigenvalue weighted by Gasteiger charge is -2.10. The Morgan fingerprint density at radius 2 is 1.88 bits per heavy atom. The normalized spacial score (nSPS) is 12.4. The monoisotopic (exact) mass is 272 g/mol. The van der Waals surface area contributed by atoms with Crippen LogP contribution < -0.4 is 4.74 Å². The van der Waals surface area contributed by atoms with Gasteiger partial charge in [0.25, 0.3) is 0 Å². The van der Waals surface area contributed by atoms with Gasteiger partial charge in [0, 0.05) is 5.02 Å². The van der Waals surface area contributed by atoms with Gasteiger partial charge in [0.15, 0.2) is 0 Å². The molecule has 1 heterocycles. The average Bonchev–Trinajstić information content (AvgIpc) is 2.77. The molecule has 16 heavy (non-hydrogen) atoms. The highest BCUT2D eigenvalue weighted by Crippen LogP contribution is 2.39. The van der Waals surface area contributed by atoms with Crippen LogP contribution in [-0.2, 0) is 0 Å². The van der Waals surface area contributed by atoms with Crippen molar-refractivity contribution in [2.24, 2.45) is 0 Å². The molecule has 0 saturated carbocycles. The first kappa shape index (κ1) is 11.8. The fourth-order valence-corrected chi connectivity index (χ4v) is 2.84. The van der Waals surface area contributed by atoms with Gasteiger partial charge in [-0.25, -0.2) is 0 Å². The highest BCUT2D eigenvalue weighted by molar-refractivity contribution is 7.10. The molecule has 0 bridgehead atoms. The van der Waals surface area contributed by atoms with Crippen molar-refractivity contribution in [2.45, 2.75) is 5.38 Å². The number of rotatable bonds is 3. The van der Waals surface area contributed by atoms with Gasteiger partial charge in [0.1, 0.15) is 5.75 Å². The topological polar surface area (TPSA) is 9.23 Å². The molecule has 0 fully saturated rings. The predicted octanol–water partition coefficient (Wildman–Crippen LogP) is 4.74. The van der Waals surface area contributed by atoms with Crippen molar-refractivity contribution >= 4 is 34.5 Å². The second kappa shape index (κ2) is 5.09. The first-order chi connectivity index (χ1) is 7.72. The number of thiophene rings is 1. The van der Waals surface area contributed by atoms with E-state index in [4.69, 9.17) is 27.9 Å². The lowest BCUT2D eigenvalue weighted by Crippen LogP contribution is -1.93. The molecule has 1 aromatic heterocycles. The van der Waals surface area contributed by atoms with Gasteiger partial charge in [-0.2, -0.15) is 0 Å². The Bertz CT molecular complexity index is 464. The van der Waals surface area contributed by atoms with Gasteiger partial charge in [-0.05, 0) is 29.1 Å². The number of alkyl halides is 1. The zero-order valence-electron chi connectivity index (χ0n) is 8.61. The van der Waals surface area contributed by atoms with E-state index in [-0.39, 0.29) is 5.38 Å². The minimum atomic E-state index is -0.188. The van der Waals surface area contributed by atoms with Crippen molar-refractivity contribution in [3.05, 3.63) is 51.2 Å². The minimum Gasteiger partial charge on any atom is -0.496 e. The fraction of sp³-hybridized carbons (Fsp3) is 0.167. The van der Waals surface area contributed by atoms with Crippen LogP contribution in [0.3, 0.4) is 0 Å². The van der Waals surface area contributed by atoms with E-state index in [0.29, 0.717) is 5.02 Å². The zero-order valence-corrected chi connectivity index (χ0v) is 10.9. The summed E-state index contributed by atoms with van der Waals surface area (Å²) in [6, 6.07) is 9.46. The van der Waals surface area contributed by atoms with Crippen LogP contribution in [0.5, 0.6) is 5.75 Å². The number of ether oxygens (including phenoxy) is 1. The maximum atomic E-state index is 6.40. The third-order valence-electron chi connectivity index (χ3n) is 2.27. The number of methoxy groups -OCH3 is 1. The molecular formula is C12H10Cl2OS. The van der Waals surface area contributed by atoms with Crippen LogP contribution in [0, 0.1) is 0 Å². The molecule has 4 heteroatoms. The molecule has 0 aliphatic carbocycles. The maximum Gasteiger partial charge on any atom is 0.134 e. The zero-order chi connectivity index (χ0) is 11.5. The Morgan fingerprint density at radius 1 is 1.19 bits per heavy atom. The lowest BCUT2D eigenvalue weighted by molar-refractivity contribution is 0.413. The number of halogens is 2. The van der Waals surface area contributed by atoms with Gasteiger partial charge in [-0.15, -0.1) is 22.9 Å². The summed E-state index contributed by atoms with van der Waals surface area (Å²) < 4.78 is 5.25. The summed E-state index contributed by atoms with van der Waals surface area (Å²) >= 11 is 13.8. The van der Waals surface area contributed by atoms with Gasteiger partial charge in [-0.1, -0.05) is 23.7 Å². The second-order valence-corrected chi connectivity index (χ2v) is 5.09. The summed E-state index contributed by atoms with van der Waals surface area (Å²) in [5, 5.41) is 2.50. The second-order valence-electron chi connectivity index (χ2n) is 3.27. The summed E-state index contributed by atoms with van der Waals surface area (Å²) in [5.74, 6) is 0.833. The van der Waals surface area contributed by atoms with E-state index in [1.807, 2.05) is 35.7 Å². The summed E-state index contributed by atoms with van der Waals surface area (Å²) in [5.41, 5.74) is 1.02. The third-order valence-corrected chi connectivity index (χ3v) is 4.08. The molecule has 84 valence electrons. The fourth-order valence-electron chi connectivity index (χ4n) is 1.45. The van der Waals surface area contributed by atoms with Gasteiger partial charge in [0.05, 0.1) is 17.4 Å². The molecular weight excluding hydrogens is 263 g/mol. The smallest absolute Gasteiger partial charge is 0.134 e. The molecule has 0 radical (unpaired) electrons. The maximum absolute atomic E-state index is 6.40. The molecule has 0 N–H and O–H groups in total. The van der Waals surface area contributed by atoms with Gasteiger partial charge in [0.2, 0.25) is 0 Å². The Balaban J connectivity index is 2.31. The molecule has 1 nitrogen and oxygen atoms in total. The summed E-state index contributed by atoms with van der Waals surface area (Å²) in [6.45, 7) is 0. The molecule has 0 aliphatic rings. The number of hydrogen-bond donors (Lipinski definition) is 0. The Labute approximate surface area is 109 Å². The van der Waals surface area contributed by atoms with E-state index in [2.05, 4.69) is 0 Å². The molecule has 1 atom stereocenters. The van der Waals surface area contributed by atoms with E-state index in [1.54, 1.807) is 18.4 Å². The third kappa shape index (κ3) is 2.34. The van der Waals surface area contributed by atoms with E-state index in [9.17, 15) is 0 Å². The summed E-state index contributed by atoms with van der Waals surface area (Å²) in [4.78, 5) is 1.02. The van der Waals surface area contributed by atoms with Crippen molar-refractivity contribution in [3.63, 3.8) is 0 Å². The van der Waals surface area contributed by atoms with Crippen LogP contribution in [0.4, 0.5) is 0 Å². The summed E-state index contributed by atoms with van der Waals surface area (Å²) in [6.07, 6.45) is 0. The van der Waals surface area contributed by atoms with Crippen molar-refractivity contribution < 1.29 is 4.74 Å². The first-order valence-corrected chi connectivity index (χ1v) is 6.42. The molecule has 1 aromatic carbocycles. The Kier molecular flexibility index (Phi) is 3.74. The number of benzene rings is 1. The van der Waals surface area contributed by atoms with E-state index in [1.165, 1.54) is 0 Å². The van der Waals surface area contributed by atoms with Crippen LogP contribution in [0.15, 0.2) is 35.7 Å². The minimum absolute atomic E-state index is 0.188. The highest BCUT2D eigenvalue weighted by atomic mass is 35.5. The van der Waals surface area contributed by atoms with Gasteiger partial charge in [-0.3, -0.25) is 0 Å². The van der Waals surface area contributed by atoms with Crippen LogP contribution >= 0.6 is 34.5 Å². The van der Waals surface area contributed by atoms with Crippen LogP contribution in [0.1, 0.15) is 15.8 Å². The van der Waals surface area contributed by atoms with Gasteiger partial charge >= 0.3 is 0 Å². The van der Waals surface area contributed by atoms with Crippen LogP contribution in [0.25, 0.3) is 0 Å². The largest absolute Gasteiger partial charge is 0.496 e. The SMILES string of the molecule is COc1ccsc1C(Cl)c1ccc(Cl)cc1. The summed E-state index contributed by atoms with van der Waals surface area (Å²) in [7, 11) is 1.65. The average molecular weight is 273 g/mol. The standard InChI is InChI=1S/C12H10Cl2OS/c1-15-10-6-7-16-12(10)11(14)8-2-4-9(13)5-3-8/h2-7,11H,1H3. The molecule has 2 rings (SSSR count). The Morgan fingerprint density at radius 3 is 2.50 bits per heavy atom. The first-order valence-electron chi connectivity index (χ1n) is 4.73. The van der Waals surface area contributed by atoms with Crippen molar-refractivity contribution in [3.8, 4) is 5.75 Å². The van der Waals surface area contributed by atoms with E-state index < -0.39 is 0 Å². The molecule has 0 amide bonds. The van der Waals surface area contributed by atoms with Gasteiger partial charge < -0.3 is 4.74 Å². The van der Waals surface area contributed by atoms with Crippen molar-refractivity contribution in [2.75, 3.05) is 7.11 Å². The van der Waals surface area contributed by atoms with E-state index >= 15 is 0 Å². The quantitative estimate of drug-likeness (QED) is 0.734. The van der Waals surface area contributed by atoms with E-state index in [0.717, 1.165) is 16.2 Å². The molecule has 0 saturated heterocycles.